The highest BCUT2D eigenvalue weighted by molar-refractivity contribution is 6.90. The zero-order valence-electron chi connectivity index (χ0n) is 34.1. The Kier molecular flexibility index (Phi) is 9.92. The number of fused-ring (bicyclic) bond motifs is 3. The van der Waals surface area contributed by atoms with Crippen molar-refractivity contribution in [2.75, 3.05) is 38.2 Å². The molecular formula is C44H53F5N6OSi. The molecule has 57 heavy (non-hydrogen) atoms. The topological polar surface area (TPSA) is 66.4 Å². The van der Waals surface area contributed by atoms with E-state index >= 15 is 8.78 Å². The van der Waals surface area contributed by atoms with Gasteiger partial charge in [-0.05, 0) is 54.4 Å². The average Bonchev–Trinajstić information content (AvgIpc) is 3.49. The number of likely N-dealkylation sites (N-methyl/N-ethyl adjacent to an activating group) is 1. The molecule has 7 nitrogen and oxygen atoms in total. The molecule has 1 saturated carbocycles. The standard InChI is InChI=1S/C44H53F5N6OSi/c1-25(2)57(26(3)4,27(5)6)17-15-31-34(46)13-12-29-10-9-11-32(36(29)31)38-37(47)39-33(19-51-38)40(54(8)35-14-16-50-28(35)7)53-41(52-39)56-24-43-18-30(45)20-55(43)23-42(21-43)22-44(42,48)49/h9-13,19,25-28,30,35,50H,14,16,18,20-24H2,1-8H3/t28-,30-,35-,42+,43-/m1/s1. The Bertz CT molecular complexity index is 2270. The SMILES string of the molecule is CC(C)[Si](C#Cc1c(F)ccc2cccc(-c3ncc4c(N(C)[C@@H]5CCN[C@@H]5C)nc(OC[C@]56C[C@@H](F)CN5C[C@@]5(CC5(F)F)C6)nc4c3F)c12)(C(C)C)C(C)C. The first-order chi connectivity index (χ1) is 26.9. The maximum atomic E-state index is 17.4. The number of rotatable bonds is 9. The van der Waals surface area contributed by atoms with Crippen LogP contribution in [0.25, 0.3) is 32.9 Å². The zero-order valence-corrected chi connectivity index (χ0v) is 35.1. The molecule has 3 saturated heterocycles. The number of halogens is 5. The van der Waals surface area contributed by atoms with Gasteiger partial charge in [0.25, 0.3) is 5.92 Å². The van der Waals surface area contributed by atoms with E-state index in [1.807, 2.05) is 18.0 Å². The van der Waals surface area contributed by atoms with E-state index in [0.29, 0.717) is 44.2 Å². The van der Waals surface area contributed by atoms with Gasteiger partial charge in [0.1, 0.15) is 43.7 Å². The number of nitrogens with one attached hydrogen (secondary N) is 1. The van der Waals surface area contributed by atoms with Gasteiger partial charge in [-0.3, -0.25) is 9.88 Å². The van der Waals surface area contributed by atoms with E-state index in [1.54, 1.807) is 29.3 Å². The fourth-order valence-electron chi connectivity index (χ4n) is 11.0. The minimum Gasteiger partial charge on any atom is -0.461 e. The van der Waals surface area contributed by atoms with Crippen molar-refractivity contribution in [3.63, 3.8) is 0 Å². The van der Waals surface area contributed by atoms with Gasteiger partial charge < -0.3 is 15.0 Å². The Labute approximate surface area is 333 Å². The van der Waals surface area contributed by atoms with Crippen LogP contribution in [0.15, 0.2) is 36.5 Å². The number of benzene rings is 2. The summed E-state index contributed by atoms with van der Waals surface area (Å²) < 4.78 is 83.8. The summed E-state index contributed by atoms with van der Waals surface area (Å²) >= 11 is 0. The van der Waals surface area contributed by atoms with Crippen molar-refractivity contribution in [3.05, 3.63) is 53.7 Å². The fraction of sp³-hybridized carbons (Fsp3) is 0.568. The molecule has 4 aromatic rings. The monoisotopic (exact) mass is 804 g/mol. The molecule has 13 heteroatoms. The minimum atomic E-state index is -2.79. The number of alkyl halides is 3. The second-order valence-electron chi connectivity index (χ2n) is 18.2. The number of ether oxygens (including phenoxy) is 1. The first kappa shape index (κ1) is 39.9. The molecule has 3 aliphatic heterocycles. The minimum absolute atomic E-state index is 0.0158. The van der Waals surface area contributed by atoms with Crippen molar-refractivity contribution in [1.29, 1.82) is 0 Å². The van der Waals surface area contributed by atoms with Crippen LogP contribution in [0.4, 0.5) is 27.8 Å². The highest BCUT2D eigenvalue weighted by Crippen LogP contribution is 2.69. The number of hydrogen-bond acceptors (Lipinski definition) is 7. The lowest BCUT2D eigenvalue weighted by atomic mass is 9.88. The largest absolute Gasteiger partial charge is 0.461 e. The summed E-state index contributed by atoms with van der Waals surface area (Å²) in [4.78, 5) is 17.9. The van der Waals surface area contributed by atoms with Crippen LogP contribution in [-0.2, 0) is 0 Å². The lowest BCUT2D eigenvalue weighted by molar-refractivity contribution is 0.0634. The maximum absolute atomic E-state index is 17.4. The van der Waals surface area contributed by atoms with E-state index in [4.69, 9.17) is 9.72 Å². The van der Waals surface area contributed by atoms with Crippen LogP contribution in [0.1, 0.15) is 79.7 Å². The summed E-state index contributed by atoms with van der Waals surface area (Å²) in [5.41, 5.74) is 3.03. The van der Waals surface area contributed by atoms with E-state index < -0.39 is 42.8 Å². The molecular weight excluding hydrogens is 752 g/mol. The van der Waals surface area contributed by atoms with Gasteiger partial charge in [0.15, 0.2) is 5.82 Å². The molecule has 0 radical (unpaired) electrons. The van der Waals surface area contributed by atoms with Crippen LogP contribution in [-0.4, -0.2) is 90.9 Å². The molecule has 304 valence electrons. The van der Waals surface area contributed by atoms with Gasteiger partial charge in [0.2, 0.25) is 0 Å². The fourth-order valence-corrected chi connectivity index (χ4v) is 16.2. The summed E-state index contributed by atoms with van der Waals surface area (Å²) in [5.74, 6) is -0.303. The molecule has 0 amide bonds. The van der Waals surface area contributed by atoms with Crippen molar-refractivity contribution in [3.8, 4) is 28.7 Å². The van der Waals surface area contributed by atoms with Crippen LogP contribution in [0, 0.1) is 28.5 Å². The van der Waals surface area contributed by atoms with Gasteiger partial charge >= 0.3 is 6.01 Å². The van der Waals surface area contributed by atoms with Gasteiger partial charge in [-0.1, -0.05) is 71.7 Å². The molecule has 2 aromatic heterocycles. The summed E-state index contributed by atoms with van der Waals surface area (Å²) in [6, 6.07) is 8.45. The van der Waals surface area contributed by atoms with Gasteiger partial charge in [-0.15, -0.1) is 5.54 Å². The number of anilines is 1. The molecule has 1 aliphatic carbocycles. The number of pyridine rings is 1. The van der Waals surface area contributed by atoms with Crippen LogP contribution in [0.3, 0.4) is 0 Å². The van der Waals surface area contributed by atoms with E-state index in [1.165, 1.54) is 6.07 Å². The van der Waals surface area contributed by atoms with Crippen LogP contribution >= 0.6 is 0 Å². The van der Waals surface area contributed by atoms with Crippen LogP contribution in [0.5, 0.6) is 6.01 Å². The van der Waals surface area contributed by atoms with Crippen molar-refractivity contribution in [2.24, 2.45) is 5.41 Å². The predicted molar refractivity (Wildman–Crippen MR) is 218 cm³/mol. The van der Waals surface area contributed by atoms with E-state index in [9.17, 15) is 13.2 Å². The number of hydrogen-bond donors (Lipinski definition) is 1. The van der Waals surface area contributed by atoms with E-state index in [0.717, 1.165) is 13.0 Å². The normalized spacial score (nSPS) is 26.9. The average molecular weight is 805 g/mol. The summed E-state index contributed by atoms with van der Waals surface area (Å²) in [6.07, 6.45) is 1.16. The Morgan fingerprint density at radius 3 is 2.40 bits per heavy atom. The Hall–Kier alpha value is -3.86. The summed E-state index contributed by atoms with van der Waals surface area (Å²) in [6.45, 7) is 16.1. The second-order valence-corrected chi connectivity index (χ2v) is 23.8. The highest BCUT2D eigenvalue weighted by Gasteiger charge is 2.77. The Balaban J connectivity index is 1.26. The van der Waals surface area contributed by atoms with Gasteiger partial charge in [-0.2, -0.15) is 9.97 Å². The zero-order chi connectivity index (χ0) is 40.8. The Morgan fingerprint density at radius 1 is 1.04 bits per heavy atom. The highest BCUT2D eigenvalue weighted by atomic mass is 28.3. The second kappa shape index (κ2) is 14.2. The van der Waals surface area contributed by atoms with Crippen molar-refractivity contribution >= 4 is 35.6 Å². The molecule has 5 atom stereocenters. The van der Waals surface area contributed by atoms with Crippen molar-refractivity contribution in [2.45, 2.75) is 120 Å². The van der Waals surface area contributed by atoms with Crippen molar-refractivity contribution < 1.29 is 26.7 Å². The lowest BCUT2D eigenvalue weighted by Gasteiger charge is -2.38. The first-order valence-electron chi connectivity index (χ1n) is 20.4. The molecule has 5 heterocycles. The Morgan fingerprint density at radius 2 is 1.75 bits per heavy atom. The third-order valence-corrected chi connectivity index (χ3v) is 20.3. The van der Waals surface area contributed by atoms with Gasteiger partial charge in [0, 0.05) is 62.2 Å². The molecule has 4 aliphatic rings. The number of aromatic nitrogens is 3. The molecule has 2 aromatic carbocycles. The van der Waals surface area contributed by atoms with Crippen molar-refractivity contribution in [1.82, 2.24) is 25.2 Å². The quantitative estimate of drug-likeness (QED) is 0.103. The first-order valence-corrected chi connectivity index (χ1v) is 22.6. The molecule has 4 fully saturated rings. The maximum Gasteiger partial charge on any atom is 0.319 e. The summed E-state index contributed by atoms with van der Waals surface area (Å²) in [7, 11) is -0.376. The lowest BCUT2D eigenvalue weighted by Crippen LogP contribution is -2.43. The third-order valence-electron chi connectivity index (χ3n) is 14.0. The van der Waals surface area contributed by atoms with Gasteiger partial charge in [0.05, 0.1) is 21.9 Å². The smallest absolute Gasteiger partial charge is 0.319 e. The van der Waals surface area contributed by atoms with Crippen LogP contribution < -0.4 is 15.0 Å². The molecule has 8 rings (SSSR count). The molecule has 1 spiro atoms. The molecule has 0 bridgehead atoms. The predicted octanol–water partition coefficient (Wildman–Crippen LogP) is 9.47. The van der Waals surface area contributed by atoms with E-state index in [2.05, 4.69) is 75.2 Å². The van der Waals surface area contributed by atoms with Crippen LogP contribution in [0.2, 0.25) is 16.6 Å². The van der Waals surface area contributed by atoms with E-state index in [-0.39, 0.29) is 73.8 Å². The number of nitrogens with zero attached hydrogens (tertiary/aromatic N) is 5. The molecule has 1 N–H and O–H groups in total. The molecule has 0 unspecified atom stereocenters. The van der Waals surface area contributed by atoms with Gasteiger partial charge in [-0.25, -0.2) is 22.0 Å². The third kappa shape index (κ3) is 6.40. The summed E-state index contributed by atoms with van der Waals surface area (Å²) in [5, 5.41) is 4.98.